The van der Waals surface area contributed by atoms with E-state index in [0.29, 0.717) is 6.54 Å². The quantitative estimate of drug-likeness (QED) is 0.669. The van der Waals surface area contributed by atoms with Crippen LogP contribution in [0, 0.1) is 6.92 Å². The van der Waals surface area contributed by atoms with Crippen LogP contribution in [-0.4, -0.2) is 46.3 Å². The van der Waals surface area contributed by atoms with Crippen LogP contribution >= 0.6 is 0 Å². The van der Waals surface area contributed by atoms with Crippen molar-refractivity contribution >= 4 is 5.96 Å². The summed E-state index contributed by atoms with van der Waals surface area (Å²) in [5.41, 5.74) is 2.61. The molecule has 6 nitrogen and oxygen atoms in total. The summed E-state index contributed by atoms with van der Waals surface area (Å²) in [5.74, 6) is 1.76. The smallest absolute Gasteiger partial charge is 0.193 e. The zero-order chi connectivity index (χ0) is 15.9. The molecule has 2 rings (SSSR count). The van der Waals surface area contributed by atoms with Crippen LogP contribution in [0.15, 0.2) is 35.6 Å². The van der Waals surface area contributed by atoms with Crippen molar-refractivity contribution in [2.24, 2.45) is 12.0 Å². The summed E-state index contributed by atoms with van der Waals surface area (Å²) in [6, 6.07) is 8.63. The molecule has 1 N–H and O–H groups in total. The lowest BCUT2D eigenvalue weighted by molar-refractivity contribution is 0.449. The molecular formula is C16H24N6. The van der Waals surface area contributed by atoms with E-state index in [4.69, 9.17) is 0 Å². The number of aryl methyl sites for hydroxylation is 2. The van der Waals surface area contributed by atoms with E-state index in [2.05, 4.69) is 51.6 Å². The summed E-state index contributed by atoms with van der Waals surface area (Å²) in [6.07, 6.45) is 2.54. The number of aliphatic imine (C=N–C) groups is 1. The summed E-state index contributed by atoms with van der Waals surface area (Å²) in [6.45, 7) is 3.62. The highest BCUT2D eigenvalue weighted by molar-refractivity contribution is 5.79. The minimum atomic E-state index is 0.667. The Morgan fingerprint density at radius 2 is 2.05 bits per heavy atom. The molecule has 2 aromatic rings. The molecule has 22 heavy (non-hydrogen) atoms. The molecule has 0 spiro atoms. The molecule has 118 valence electrons. The fourth-order valence-corrected chi connectivity index (χ4v) is 2.21. The van der Waals surface area contributed by atoms with Crippen LogP contribution in [0.2, 0.25) is 0 Å². The lowest BCUT2D eigenvalue weighted by atomic mass is 10.1. The van der Waals surface area contributed by atoms with E-state index in [1.807, 2.05) is 19.0 Å². The van der Waals surface area contributed by atoms with Crippen LogP contribution in [0.4, 0.5) is 0 Å². The maximum atomic E-state index is 4.32. The molecule has 0 aliphatic carbocycles. The zero-order valence-electron chi connectivity index (χ0n) is 13.7. The van der Waals surface area contributed by atoms with E-state index < -0.39 is 0 Å². The van der Waals surface area contributed by atoms with Gasteiger partial charge in [-0.1, -0.05) is 29.8 Å². The second-order valence-electron chi connectivity index (χ2n) is 5.37. The first-order chi connectivity index (χ1) is 10.6. The molecule has 0 amide bonds. The van der Waals surface area contributed by atoms with Gasteiger partial charge < -0.3 is 10.2 Å². The van der Waals surface area contributed by atoms with E-state index in [-0.39, 0.29) is 0 Å². The number of hydrogen-bond donors (Lipinski definition) is 1. The van der Waals surface area contributed by atoms with Crippen molar-refractivity contribution in [3.05, 3.63) is 47.5 Å². The highest BCUT2D eigenvalue weighted by Crippen LogP contribution is 2.03. The van der Waals surface area contributed by atoms with Crippen LogP contribution in [-0.2, 0) is 20.0 Å². The fraction of sp³-hybridized carbons (Fsp3) is 0.438. The first-order valence-corrected chi connectivity index (χ1v) is 7.40. The van der Waals surface area contributed by atoms with Gasteiger partial charge in [0.25, 0.3) is 0 Å². The number of aromatic nitrogens is 3. The van der Waals surface area contributed by atoms with Gasteiger partial charge in [0.1, 0.15) is 12.2 Å². The van der Waals surface area contributed by atoms with E-state index in [9.17, 15) is 0 Å². The van der Waals surface area contributed by atoms with Gasteiger partial charge in [-0.25, -0.2) is 4.98 Å². The molecule has 0 radical (unpaired) electrons. The first kappa shape index (κ1) is 16.0. The van der Waals surface area contributed by atoms with Crippen molar-refractivity contribution in [3.8, 4) is 0 Å². The molecule has 0 aliphatic rings. The van der Waals surface area contributed by atoms with Gasteiger partial charge in [0, 0.05) is 27.7 Å². The monoisotopic (exact) mass is 300 g/mol. The Balaban J connectivity index is 1.84. The average molecular weight is 300 g/mol. The van der Waals surface area contributed by atoms with Gasteiger partial charge in [-0.15, -0.1) is 0 Å². The van der Waals surface area contributed by atoms with Crippen molar-refractivity contribution in [1.29, 1.82) is 0 Å². The highest BCUT2D eigenvalue weighted by Gasteiger charge is 2.09. The van der Waals surface area contributed by atoms with Gasteiger partial charge in [0.15, 0.2) is 5.96 Å². The predicted molar refractivity (Wildman–Crippen MR) is 88.7 cm³/mol. The van der Waals surface area contributed by atoms with E-state index in [1.54, 1.807) is 18.1 Å². The molecule has 0 saturated heterocycles. The molecule has 0 atom stereocenters. The second kappa shape index (κ2) is 7.59. The van der Waals surface area contributed by atoms with Crippen LogP contribution in [0.1, 0.15) is 17.0 Å². The molecule has 0 saturated carbocycles. The SMILES string of the molecule is CN=C(NCCc1ccc(C)cc1)N(C)Cc1ncnn1C. The van der Waals surface area contributed by atoms with Gasteiger partial charge >= 0.3 is 0 Å². The summed E-state index contributed by atoms with van der Waals surface area (Å²) in [4.78, 5) is 10.6. The zero-order valence-corrected chi connectivity index (χ0v) is 13.7. The Kier molecular flexibility index (Phi) is 5.52. The molecule has 0 unspecified atom stereocenters. The molecule has 0 bridgehead atoms. The standard InChI is InChI=1S/C16H24N6/c1-13-5-7-14(8-6-13)9-10-18-16(17-2)21(3)11-15-19-12-20-22(15)4/h5-8,12H,9-11H2,1-4H3,(H,17,18). The normalized spacial score (nSPS) is 11.5. The summed E-state index contributed by atoms with van der Waals surface area (Å²) < 4.78 is 1.77. The van der Waals surface area contributed by atoms with E-state index >= 15 is 0 Å². The lowest BCUT2D eigenvalue weighted by Gasteiger charge is -2.21. The third-order valence-corrected chi connectivity index (χ3v) is 3.57. The van der Waals surface area contributed by atoms with Gasteiger partial charge in [-0.05, 0) is 18.9 Å². The Bertz CT molecular complexity index is 614. The molecule has 0 fully saturated rings. The molecule has 1 heterocycles. The largest absolute Gasteiger partial charge is 0.356 e. The van der Waals surface area contributed by atoms with Gasteiger partial charge in [0.05, 0.1) is 6.54 Å². The number of benzene rings is 1. The Hall–Kier alpha value is -2.37. The topological polar surface area (TPSA) is 58.3 Å². The summed E-state index contributed by atoms with van der Waals surface area (Å²) in [7, 11) is 5.68. The van der Waals surface area contributed by atoms with E-state index in [0.717, 1.165) is 24.7 Å². The van der Waals surface area contributed by atoms with Gasteiger partial charge in [0.2, 0.25) is 0 Å². The van der Waals surface area contributed by atoms with Crippen LogP contribution in [0.25, 0.3) is 0 Å². The van der Waals surface area contributed by atoms with Crippen molar-refractivity contribution in [2.75, 3.05) is 20.6 Å². The maximum absolute atomic E-state index is 4.32. The van der Waals surface area contributed by atoms with Crippen molar-refractivity contribution in [1.82, 2.24) is 25.0 Å². The molecule has 6 heteroatoms. The average Bonchev–Trinajstić information content (AvgIpc) is 2.90. The third kappa shape index (κ3) is 4.31. The molecule has 0 aliphatic heterocycles. The maximum Gasteiger partial charge on any atom is 0.193 e. The first-order valence-electron chi connectivity index (χ1n) is 7.40. The summed E-state index contributed by atoms with van der Waals surface area (Å²) >= 11 is 0. The third-order valence-electron chi connectivity index (χ3n) is 3.57. The minimum Gasteiger partial charge on any atom is -0.356 e. The van der Waals surface area contributed by atoms with E-state index in [1.165, 1.54) is 11.1 Å². The second-order valence-corrected chi connectivity index (χ2v) is 5.37. The number of guanidine groups is 1. The Labute approximate surface area is 131 Å². The Morgan fingerprint density at radius 3 is 2.64 bits per heavy atom. The van der Waals surface area contributed by atoms with Crippen molar-refractivity contribution in [3.63, 3.8) is 0 Å². The number of nitrogens with one attached hydrogen (secondary N) is 1. The minimum absolute atomic E-state index is 0.667. The number of hydrogen-bond acceptors (Lipinski definition) is 3. The van der Waals surface area contributed by atoms with Crippen LogP contribution in [0.5, 0.6) is 0 Å². The van der Waals surface area contributed by atoms with Gasteiger partial charge in [-0.2, -0.15) is 5.10 Å². The molecule has 1 aromatic heterocycles. The number of nitrogens with zero attached hydrogens (tertiary/aromatic N) is 5. The highest BCUT2D eigenvalue weighted by atomic mass is 15.4. The predicted octanol–water partition coefficient (Wildman–Crippen LogP) is 1.37. The van der Waals surface area contributed by atoms with Crippen molar-refractivity contribution < 1.29 is 0 Å². The summed E-state index contributed by atoms with van der Waals surface area (Å²) in [5, 5.41) is 7.47. The number of rotatable bonds is 5. The fourth-order valence-electron chi connectivity index (χ4n) is 2.21. The molecule has 1 aromatic carbocycles. The molecular weight excluding hydrogens is 276 g/mol. The Morgan fingerprint density at radius 1 is 1.32 bits per heavy atom. The van der Waals surface area contributed by atoms with Crippen LogP contribution < -0.4 is 5.32 Å². The van der Waals surface area contributed by atoms with Crippen molar-refractivity contribution in [2.45, 2.75) is 19.9 Å². The lowest BCUT2D eigenvalue weighted by Crippen LogP contribution is -2.39. The van der Waals surface area contributed by atoms with Gasteiger partial charge in [-0.3, -0.25) is 9.67 Å². The van der Waals surface area contributed by atoms with Crippen LogP contribution in [0.3, 0.4) is 0 Å².